The van der Waals surface area contributed by atoms with Gasteiger partial charge < -0.3 is 14.7 Å². The SMILES string of the molecule is COc1ccc(N2C(SCC(=O)O)=NC(=Nc3ccc(C)cc3)C23CCC(C(C)(C)C)CC3)cc1. The number of hydrogen-bond donors (Lipinski definition) is 1. The average molecular weight is 494 g/mol. The first-order valence-corrected chi connectivity index (χ1v) is 13.1. The third-order valence-corrected chi connectivity index (χ3v) is 8.12. The first kappa shape index (κ1) is 25.3. The highest BCUT2D eigenvalue weighted by Crippen LogP contribution is 2.49. The molecule has 0 unspecified atom stereocenters. The maximum absolute atomic E-state index is 11.5. The van der Waals surface area contributed by atoms with Gasteiger partial charge in [0.1, 0.15) is 11.3 Å². The van der Waals surface area contributed by atoms with Crippen molar-refractivity contribution < 1.29 is 14.6 Å². The van der Waals surface area contributed by atoms with Crippen LogP contribution < -0.4 is 9.64 Å². The predicted molar refractivity (Wildman–Crippen MR) is 145 cm³/mol. The first-order valence-electron chi connectivity index (χ1n) is 12.2. The van der Waals surface area contributed by atoms with Gasteiger partial charge in [-0.15, -0.1) is 0 Å². The molecule has 0 saturated heterocycles. The molecule has 1 aliphatic carbocycles. The number of methoxy groups -OCH3 is 1. The van der Waals surface area contributed by atoms with Crippen molar-refractivity contribution in [2.24, 2.45) is 21.3 Å². The summed E-state index contributed by atoms with van der Waals surface area (Å²) in [5.74, 6) is 1.26. The molecule has 0 aromatic heterocycles. The van der Waals surface area contributed by atoms with Crippen molar-refractivity contribution in [3.63, 3.8) is 0 Å². The maximum Gasteiger partial charge on any atom is 0.313 e. The minimum absolute atomic E-state index is 0.0516. The van der Waals surface area contributed by atoms with E-state index in [1.54, 1.807) is 7.11 Å². The fraction of sp³-hybridized carbons (Fsp3) is 0.464. The number of ether oxygens (including phenoxy) is 1. The van der Waals surface area contributed by atoms with Gasteiger partial charge >= 0.3 is 5.97 Å². The monoisotopic (exact) mass is 493 g/mol. The summed E-state index contributed by atoms with van der Waals surface area (Å²) >= 11 is 1.26. The minimum Gasteiger partial charge on any atom is -0.497 e. The minimum atomic E-state index is -0.859. The van der Waals surface area contributed by atoms with Gasteiger partial charge in [0, 0.05) is 5.69 Å². The molecule has 4 rings (SSSR count). The van der Waals surface area contributed by atoms with Gasteiger partial charge in [-0.05, 0) is 80.3 Å². The van der Waals surface area contributed by atoms with Crippen LogP contribution in [0, 0.1) is 18.3 Å². The molecule has 7 heteroatoms. The van der Waals surface area contributed by atoms with Gasteiger partial charge in [0.2, 0.25) is 0 Å². The van der Waals surface area contributed by atoms with E-state index in [-0.39, 0.29) is 11.2 Å². The number of aliphatic carboxylic acids is 1. The largest absolute Gasteiger partial charge is 0.497 e. The Morgan fingerprint density at radius 1 is 1.14 bits per heavy atom. The summed E-state index contributed by atoms with van der Waals surface area (Å²) in [6, 6.07) is 16.1. The molecule has 2 aliphatic rings. The molecule has 1 N–H and O–H groups in total. The Morgan fingerprint density at radius 3 is 2.31 bits per heavy atom. The summed E-state index contributed by atoms with van der Waals surface area (Å²) in [5.41, 5.74) is 2.85. The molecule has 0 radical (unpaired) electrons. The molecule has 186 valence electrons. The summed E-state index contributed by atoms with van der Waals surface area (Å²) in [6.45, 7) is 9.01. The van der Waals surface area contributed by atoms with Crippen LogP contribution in [0.2, 0.25) is 0 Å². The third-order valence-electron chi connectivity index (χ3n) is 7.20. The zero-order valence-corrected chi connectivity index (χ0v) is 22.1. The smallest absolute Gasteiger partial charge is 0.313 e. The van der Waals surface area contributed by atoms with Crippen LogP contribution in [0.4, 0.5) is 11.4 Å². The van der Waals surface area contributed by atoms with E-state index in [0.717, 1.165) is 48.6 Å². The second-order valence-corrected chi connectivity index (χ2v) is 11.5. The number of anilines is 1. The topological polar surface area (TPSA) is 74.5 Å². The molecule has 1 spiro atoms. The molecule has 6 nitrogen and oxygen atoms in total. The molecule has 1 fully saturated rings. The van der Waals surface area contributed by atoms with E-state index < -0.39 is 11.5 Å². The van der Waals surface area contributed by atoms with Crippen LogP contribution in [0.3, 0.4) is 0 Å². The molecule has 35 heavy (non-hydrogen) atoms. The number of carboxylic acids is 1. The van der Waals surface area contributed by atoms with Crippen LogP contribution in [0.15, 0.2) is 58.5 Å². The van der Waals surface area contributed by atoms with Gasteiger partial charge in [-0.3, -0.25) is 4.79 Å². The number of nitrogens with zero attached hydrogens (tertiary/aromatic N) is 3. The normalized spacial score (nSPS) is 23.6. The number of rotatable bonds is 5. The van der Waals surface area contributed by atoms with Gasteiger partial charge in [-0.1, -0.05) is 50.2 Å². The summed E-state index contributed by atoms with van der Waals surface area (Å²) in [7, 11) is 1.65. The van der Waals surface area contributed by atoms with Crippen molar-refractivity contribution in [2.75, 3.05) is 17.8 Å². The van der Waals surface area contributed by atoms with Crippen LogP contribution in [-0.2, 0) is 4.79 Å². The first-order chi connectivity index (χ1) is 16.6. The lowest BCUT2D eigenvalue weighted by Gasteiger charge is -2.47. The van der Waals surface area contributed by atoms with Crippen molar-refractivity contribution in [1.29, 1.82) is 0 Å². The second-order valence-electron chi connectivity index (χ2n) is 10.6. The summed E-state index contributed by atoms with van der Waals surface area (Å²) in [6.07, 6.45) is 3.95. The molecule has 0 atom stereocenters. The van der Waals surface area contributed by atoms with Crippen LogP contribution in [-0.4, -0.2) is 40.5 Å². The Balaban J connectivity index is 1.81. The van der Waals surface area contributed by atoms with Crippen molar-refractivity contribution >= 4 is 40.1 Å². The van der Waals surface area contributed by atoms with Gasteiger partial charge in [0.15, 0.2) is 11.0 Å². The quantitative estimate of drug-likeness (QED) is 0.501. The van der Waals surface area contributed by atoms with Crippen molar-refractivity contribution in [1.82, 2.24) is 0 Å². The fourth-order valence-corrected chi connectivity index (χ4v) is 5.93. The van der Waals surface area contributed by atoms with E-state index >= 15 is 0 Å². The van der Waals surface area contributed by atoms with E-state index in [4.69, 9.17) is 14.7 Å². The lowest BCUT2D eigenvalue weighted by atomic mass is 9.66. The number of thioether (sulfide) groups is 1. The van der Waals surface area contributed by atoms with Crippen molar-refractivity contribution in [2.45, 2.75) is 58.9 Å². The number of aryl methyl sites for hydroxylation is 1. The zero-order chi connectivity index (χ0) is 25.2. The van der Waals surface area contributed by atoms with E-state index in [0.29, 0.717) is 11.1 Å². The highest BCUT2D eigenvalue weighted by atomic mass is 32.2. The summed E-state index contributed by atoms with van der Waals surface area (Å²) < 4.78 is 5.38. The number of hydrogen-bond acceptors (Lipinski definition) is 5. The molecule has 2 aromatic rings. The highest BCUT2D eigenvalue weighted by molar-refractivity contribution is 8.14. The van der Waals surface area contributed by atoms with Gasteiger partial charge in [-0.2, -0.15) is 0 Å². The summed E-state index contributed by atoms with van der Waals surface area (Å²) in [4.78, 5) is 23.8. The van der Waals surface area contributed by atoms with Gasteiger partial charge in [0.05, 0.1) is 18.6 Å². The molecule has 1 heterocycles. The van der Waals surface area contributed by atoms with Gasteiger partial charge in [-0.25, -0.2) is 9.98 Å². The van der Waals surface area contributed by atoms with E-state index in [1.165, 1.54) is 17.3 Å². The standard InChI is InChI=1S/C28H35N3O3S/c1-19-6-8-21(9-7-19)29-25-28(16-14-20(15-17-28)27(2,3)4)31(26(30-25)35-18-24(32)33)22-10-12-23(34-5)13-11-22/h6-13,20H,14-18H2,1-5H3,(H,32,33). The van der Waals surface area contributed by atoms with Gasteiger partial charge in [0.25, 0.3) is 0 Å². The van der Waals surface area contributed by atoms with Crippen LogP contribution in [0.25, 0.3) is 0 Å². The van der Waals surface area contributed by atoms with E-state index in [2.05, 4.69) is 44.7 Å². The molecule has 0 amide bonds. The summed E-state index contributed by atoms with van der Waals surface area (Å²) in [5, 5.41) is 10.1. The number of aliphatic imine (C=N–C) groups is 2. The Hall–Kier alpha value is -2.80. The lowest BCUT2D eigenvalue weighted by Crippen LogP contribution is -2.54. The Kier molecular flexibility index (Phi) is 7.27. The molecule has 2 aromatic carbocycles. The fourth-order valence-electron chi connectivity index (χ4n) is 5.12. The van der Waals surface area contributed by atoms with Crippen LogP contribution in [0.1, 0.15) is 52.0 Å². The number of amidine groups is 2. The van der Waals surface area contributed by atoms with E-state index in [1.807, 2.05) is 36.4 Å². The van der Waals surface area contributed by atoms with Crippen LogP contribution >= 0.6 is 11.8 Å². The molecular weight excluding hydrogens is 458 g/mol. The highest BCUT2D eigenvalue weighted by Gasteiger charge is 2.52. The zero-order valence-electron chi connectivity index (χ0n) is 21.2. The van der Waals surface area contributed by atoms with Crippen molar-refractivity contribution in [3.05, 3.63) is 54.1 Å². The number of benzene rings is 2. The molecule has 1 aliphatic heterocycles. The number of carboxylic acid groups (broad SMARTS) is 1. The van der Waals surface area contributed by atoms with Crippen LogP contribution in [0.5, 0.6) is 5.75 Å². The average Bonchev–Trinajstić information content (AvgIpc) is 3.11. The number of carbonyl (C=O) groups is 1. The molecule has 1 saturated carbocycles. The van der Waals surface area contributed by atoms with E-state index in [9.17, 15) is 9.90 Å². The Morgan fingerprint density at radius 2 is 1.77 bits per heavy atom. The van der Waals surface area contributed by atoms with Crippen molar-refractivity contribution in [3.8, 4) is 5.75 Å². The lowest BCUT2D eigenvalue weighted by molar-refractivity contribution is -0.133. The molecule has 0 bridgehead atoms. The Bertz CT molecular complexity index is 1110. The maximum atomic E-state index is 11.5. The second kappa shape index (κ2) is 10.1. The molecular formula is C28H35N3O3S. The Labute approximate surface area is 212 Å². The predicted octanol–water partition coefficient (Wildman–Crippen LogP) is 6.70. The third kappa shape index (κ3) is 5.40.